The maximum Gasteiger partial charge on any atom is 0.305 e. The molecule has 2 spiro atoms. The lowest BCUT2D eigenvalue weighted by molar-refractivity contribution is -0.193. The second-order valence-corrected chi connectivity index (χ2v) is 53.3. The Bertz CT molecular complexity index is 3180. The third-order valence-corrected chi connectivity index (χ3v) is 36.6. The van der Waals surface area contributed by atoms with Crippen molar-refractivity contribution in [2.45, 2.75) is 405 Å². The van der Waals surface area contributed by atoms with Crippen LogP contribution in [0.2, 0.25) is 0 Å². The number of nitrogens with zero attached hydrogens (tertiary/aromatic N) is 18. The first kappa shape index (κ1) is 121. The largest absolute Gasteiger partial charge is 0.377 e. The van der Waals surface area contributed by atoms with E-state index in [1.165, 1.54) is 323 Å². The molecule has 0 aromatic rings. The number of rotatable bonds is 37. The molecule has 4 unspecified atom stereocenters. The van der Waals surface area contributed by atoms with E-state index >= 15 is 0 Å². The van der Waals surface area contributed by atoms with Crippen LogP contribution in [-0.2, 0) is 4.74 Å². The Morgan fingerprint density at radius 1 is 0.286 bits per heavy atom. The first-order chi connectivity index (χ1) is 66.4. The number of ether oxygens (including phenoxy) is 1. The van der Waals surface area contributed by atoms with Gasteiger partial charge in [0.15, 0.2) is 0 Å². The maximum absolute atomic E-state index is 14.2. The van der Waals surface area contributed by atoms with E-state index in [-0.39, 0.29) is 18.4 Å². The van der Waals surface area contributed by atoms with E-state index < -0.39 is 18.5 Å². The van der Waals surface area contributed by atoms with Gasteiger partial charge in [-0.2, -0.15) is 8.78 Å². The third kappa shape index (κ3) is 39.6. The smallest absolute Gasteiger partial charge is 0.305 e. The molecule has 140 heavy (non-hydrogen) atoms. The van der Waals surface area contributed by atoms with Crippen molar-refractivity contribution in [3.05, 3.63) is 0 Å². The van der Waals surface area contributed by atoms with E-state index in [1.54, 1.807) is 0 Å². The molecule has 19 nitrogen and oxygen atoms in total. The summed E-state index contributed by atoms with van der Waals surface area (Å²) in [7, 11) is 0. The van der Waals surface area contributed by atoms with Crippen molar-refractivity contribution in [1.82, 2.24) is 88.2 Å². The van der Waals surface area contributed by atoms with E-state index in [0.29, 0.717) is 41.7 Å². The molecule has 13 saturated heterocycles. The molecule has 15 rings (SSSR count). The molecule has 0 radical (unpaired) electrons. The van der Waals surface area contributed by atoms with Crippen LogP contribution in [0.15, 0.2) is 0 Å². The standard InChI is InChI=1S/C21H41N3.C20H39N3O.C20H41N3.C19H37F2N3.C19H37N3.C18H35F2N3/c1-18(2)16-24-15-14-22(17-21(24)9-5-10-21)11-6-20-7-12-23(13-8-20)19(3)4;1-17(2)13-23-12-11-21(14-20(23)15-24-16-20)8-5-19-6-9-22(10-7-19)18(3)4;1-17(2)15-23-14-13-21(16-20(23,5)6)10-7-19-8-11-22(12-9-19)18(3)4;1-15(2)13-24-12-11-22(14-18(24)19(20)21)8-5-17-6-9-23(10-7-17)16(3)4;1-15(2)14-22-12-11-21(18-13-19(18)22)10-7-17-5-8-20(9-6-17)16(3)4;1-15(2)14-22-11-9-21(10-12-22)7-5-17-6-8-23(16(3)4)18(19,20)13-17/h18-20H,5-17H2,1-4H3;17-19H,5-16H2,1-4H3;17-19H,7-16H2,1-6H3;15-19H,5-14H2,1-4H3;15-19H,5-14H2,1-4H3;15-17H,5-14H2,1-4H3. The molecule has 4 atom stereocenters. The quantitative estimate of drug-likeness (QED) is 0.0437. The van der Waals surface area contributed by atoms with Crippen LogP contribution in [0.3, 0.4) is 0 Å². The maximum atomic E-state index is 14.2. The average molecular weight is 1980 g/mol. The molecule has 0 amide bonds. The molecular formula is C117H230F4N18O. The van der Waals surface area contributed by atoms with Crippen molar-refractivity contribution >= 4 is 0 Å². The number of piperazine rings is 6. The van der Waals surface area contributed by atoms with Crippen LogP contribution >= 0.6 is 0 Å². The van der Waals surface area contributed by atoms with Gasteiger partial charge in [0.1, 0.15) is 0 Å². The van der Waals surface area contributed by atoms with Gasteiger partial charge in [-0.1, -0.05) is 83.1 Å². The normalized spacial score (nSPS) is 27.6. The van der Waals surface area contributed by atoms with Crippen molar-refractivity contribution in [1.29, 1.82) is 0 Å². The van der Waals surface area contributed by atoms with Gasteiger partial charge in [-0.3, -0.25) is 29.4 Å². The Kier molecular flexibility index (Phi) is 51.1. The van der Waals surface area contributed by atoms with Crippen LogP contribution in [0.4, 0.5) is 17.6 Å². The molecule has 0 aromatic heterocycles. The first-order valence-corrected chi connectivity index (χ1v) is 59.9. The number of hydrogen-bond acceptors (Lipinski definition) is 19. The van der Waals surface area contributed by atoms with Crippen LogP contribution < -0.4 is 0 Å². The highest BCUT2D eigenvalue weighted by Crippen LogP contribution is 2.44. The Morgan fingerprint density at radius 3 is 0.964 bits per heavy atom. The first-order valence-electron chi connectivity index (χ1n) is 59.9. The number of fused-ring (bicyclic) bond motifs is 1. The Balaban J connectivity index is 0.000000173. The number of piperidine rings is 6. The molecule has 2 aliphatic carbocycles. The molecule has 23 heteroatoms. The topological polar surface area (TPSA) is 67.6 Å². The Morgan fingerprint density at radius 2 is 0.600 bits per heavy atom. The monoisotopic (exact) mass is 1980 g/mol. The Labute approximate surface area is 862 Å². The minimum Gasteiger partial charge on any atom is -0.377 e. The lowest BCUT2D eigenvalue weighted by Gasteiger charge is -2.57. The molecular weight excluding hydrogens is 1750 g/mol. The number of likely N-dealkylation sites (tertiary alicyclic amines) is 6. The summed E-state index contributed by atoms with van der Waals surface area (Å²) in [6.07, 6.45) is 26.2. The zero-order valence-corrected chi connectivity index (χ0v) is 96.6. The SMILES string of the molecule is CC(C)CN1CCN(CCC2CCN(C(C)C)C(F)(F)C2)CC1.CC(C)CN1CCN(CCC2CCN(C(C)C)CC2)C2CC21.CC(C)CN1CCN(CCC2CCN(C(C)C)CC2)CC1(C)C.CC(C)CN1CCN(CCC2CCN(C(C)C)CC2)CC12CCC2.CC(C)CN1CCN(CCC2CCN(C(C)C)CC2)CC12COC2.CC(C)CN1CCN(CCC2CCN(C(C)C)CC2)CC1C(F)F. The van der Waals surface area contributed by atoms with Crippen LogP contribution in [0.5, 0.6) is 0 Å². The van der Waals surface area contributed by atoms with Crippen LogP contribution in [0.1, 0.15) is 321 Å². The molecule has 0 bridgehead atoms. The van der Waals surface area contributed by atoms with Gasteiger partial charge in [0, 0.05) is 229 Å². The van der Waals surface area contributed by atoms with Gasteiger partial charge in [-0.15, -0.1) is 0 Å². The summed E-state index contributed by atoms with van der Waals surface area (Å²) in [5.74, 6) is 9.13. The van der Waals surface area contributed by atoms with Crippen LogP contribution in [0.25, 0.3) is 0 Å². The molecule has 822 valence electrons. The van der Waals surface area contributed by atoms with Gasteiger partial charge in [-0.25, -0.2) is 13.7 Å². The second-order valence-electron chi connectivity index (χ2n) is 53.3. The van der Waals surface area contributed by atoms with Gasteiger partial charge in [0.2, 0.25) is 0 Å². The molecule has 2 saturated carbocycles. The highest BCUT2D eigenvalue weighted by Gasteiger charge is 2.52. The highest BCUT2D eigenvalue weighted by molar-refractivity contribution is 5.08. The third-order valence-electron chi connectivity index (χ3n) is 36.6. The van der Waals surface area contributed by atoms with Crippen molar-refractivity contribution < 1.29 is 22.3 Å². The van der Waals surface area contributed by atoms with E-state index in [9.17, 15) is 17.6 Å². The van der Waals surface area contributed by atoms with E-state index in [1.807, 2.05) is 18.7 Å². The molecule has 13 heterocycles. The van der Waals surface area contributed by atoms with E-state index in [0.717, 1.165) is 180 Å². The average Bonchev–Trinajstić information content (AvgIpc) is 1.38. The lowest BCUT2D eigenvalue weighted by atomic mass is 9.73. The second kappa shape index (κ2) is 59.3. The fraction of sp³-hybridized carbons (Fsp3) is 1.00. The molecule has 15 fully saturated rings. The minimum absolute atomic E-state index is 0.0402. The van der Waals surface area contributed by atoms with Gasteiger partial charge in [-0.05, 0) is 408 Å². The number of halogens is 4. The van der Waals surface area contributed by atoms with Crippen molar-refractivity contribution in [3.63, 3.8) is 0 Å². The fourth-order valence-electron chi connectivity index (χ4n) is 27.1. The van der Waals surface area contributed by atoms with Crippen LogP contribution in [-0.4, -0.2) is 453 Å². The van der Waals surface area contributed by atoms with Crippen molar-refractivity contribution in [2.24, 2.45) is 71.0 Å². The summed E-state index contributed by atoms with van der Waals surface area (Å²) in [5.41, 5.74) is 1.23. The fourth-order valence-corrected chi connectivity index (χ4v) is 27.1. The Hall–Kier alpha value is -1.04. The van der Waals surface area contributed by atoms with E-state index in [2.05, 4.69) is 245 Å². The predicted molar refractivity (Wildman–Crippen MR) is 588 cm³/mol. The lowest BCUT2D eigenvalue weighted by Crippen LogP contribution is -2.71. The summed E-state index contributed by atoms with van der Waals surface area (Å²) in [6.45, 7) is 110. The summed E-state index contributed by atoms with van der Waals surface area (Å²) >= 11 is 0. The highest BCUT2D eigenvalue weighted by atomic mass is 19.3. The molecule has 0 N–H and O–H groups in total. The van der Waals surface area contributed by atoms with Gasteiger partial charge in [0.25, 0.3) is 6.43 Å². The zero-order chi connectivity index (χ0) is 102. The zero-order valence-electron chi connectivity index (χ0n) is 96.6. The molecule has 13 aliphatic heterocycles. The summed E-state index contributed by atoms with van der Waals surface area (Å²) in [4.78, 5) is 45.9. The minimum atomic E-state index is -2.62. The summed E-state index contributed by atoms with van der Waals surface area (Å²) in [6, 6.07) is 2.11. The number of hydrogen-bond donors (Lipinski definition) is 0. The van der Waals surface area contributed by atoms with Crippen molar-refractivity contribution in [3.8, 4) is 0 Å². The molecule has 0 aromatic carbocycles. The van der Waals surface area contributed by atoms with Crippen molar-refractivity contribution in [2.75, 3.05) is 282 Å². The summed E-state index contributed by atoms with van der Waals surface area (Å²) < 4.78 is 60.9. The van der Waals surface area contributed by atoms with E-state index in [4.69, 9.17) is 4.74 Å². The summed E-state index contributed by atoms with van der Waals surface area (Å²) in [5, 5.41) is 0. The van der Waals surface area contributed by atoms with Crippen LogP contribution in [0, 0.1) is 71.0 Å². The van der Waals surface area contributed by atoms with Gasteiger partial charge >= 0.3 is 6.05 Å². The molecule has 15 aliphatic rings. The predicted octanol–water partition coefficient (Wildman–Crippen LogP) is 19.5. The van der Waals surface area contributed by atoms with Gasteiger partial charge < -0.3 is 58.6 Å². The van der Waals surface area contributed by atoms with Gasteiger partial charge in [0.05, 0.1) is 24.8 Å². The number of alkyl halides is 4.